The van der Waals surface area contributed by atoms with Crippen molar-refractivity contribution in [2.24, 2.45) is 0 Å². The summed E-state index contributed by atoms with van der Waals surface area (Å²) in [5.41, 5.74) is 1.32. The summed E-state index contributed by atoms with van der Waals surface area (Å²) in [4.78, 5) is 27.9. The fourth-order valence-corrected chi connectivity index (χ4v) is 5.22. The van der Waals surface area contributed by atoms with E-state index in [1.165, 1.54) is 4.31 Å². The first kappa shape index (κ1) is 30.6. The SMILES string of the molecule is CCOc1ccccc1N(CCCC(=O)N(Cc1cccc(Br)c1)[C@@H](C)C(=O)N[C@H](C)CC)S(C)(=O)=O. The first-order valence-electron chi connectivity index (χ1n) is 12.5. The van der Waals surface area contributed by atoms with E-state index in [4.69, 9.17) is 4.74 Å². The van der Waals surface area contributed by atoms with Crippen LogP contribution in [0.15, 0.2) is 53.0 Å². The number of hydrogen-bond donors (Lipinski definition) is 1. The van der Waals surface area contributed by atoms with E-state index in [1.54, 1.807) is 36.1 Å². The Kier molecular flexibility index (Phi) is 11.9. The van der Waals surface area contributed by atoms with E-state index in [0.29, 0.717) is 18.0 Å². The molecule has 0 spiro atoms. The number of benzene rings is 2. The molecule has 37 heavy (non-hydrogen) atoms. The molecule has 2 aromatic rings. The summed E-state index contributed by atoms with van der Waals surface area (Å²) in [6.07, 6.45) is 2.28. The van der Waals surface area contributed by atoms with Crippen LogP contribution in [0.5, 0.6) is 5.75 Å². The Morgan fingerprint density at radius 3 is 2.41 bits per heavy atom. The summed E-state index contributed by atoms with van der Waals surface area (Å²) in [6.45, 7) is 8.22. The molecule has 2 atom stereocenters. The van der Waals surface area contributed by atoms with Crippen LogP contribution in [0.3, 0.4) is 0 Å². The molecule has 2 rings (SSSR count). The normalized spacial score (nSPS) is 12.9. The standard InChI is InChI=1S/C27H38BrN3O5S/c1-6-20(3)29-27(33)21(4)30(19-22-12-10-13-23(28)18-22)26(32)16-11-17-31(37(5,34)35)24-14-8-9-15-25(24)36-7-2/h8-10,12-15,18,20-21H,6-7,11,16-17,19H2,1-5H3,(H,29,33)/t20-,21+/m1/s1. The number of nitrogens with zero attached hydrogens (tertiary/aromatic N) is 2. The van der Waals surface area contributed by atoms with Gasteiger partial charge in [0.25, 0.3) is 0 Å². The van der Waals surface area contributed by atoms with Gasteiger partial charge in [0.05, 0.1) is 18.6 Å². The van der Waals surface area contributed by atoms with E-state index in [0.717, 1.165) is 22.7 Å². The molecule has 0 aliphatic rings. The second-order valence-electron chi connectivity index (χ2n) is 8.98. The zero-order valence-corrected chi connectivity index (χ0v) is 24.6. The zero-order valence-electron chi connectivity index (χ0n) is 22.2. The second-order valence-corrected chi connectivity index (χ2v) is 11.8. The van der Waals surface area contributed by atoms with Crippen molar-refractivity contribution < 1.29 is 22.7 Å². The maximum atomic E-state index is 13.4. The molecule has 0 saturated heterocycles. The highest BCUT2D eigenvalue weighted by Crippen LogP contribution is 2.30. The van der Waals surface area contributed by atoms with Crippen molar-refractivity contribution in [1.82, 2.24) is 10.2 Å². The number of hydrogen-bond acceptors (Lipinski definition) is 5. The average molecular weight is 597 g/mol. The molecule has 0 aromatic heterocycles. The number of halogens is 1. The molecule has 0 heterocycles. The summed E-state index contributed by atoms with van der Waals surface area (Å²) >= 11 is 3.46. The van der Waals surface area contributed by atoms with Crippen LogP contribution in [-0.4, -0.2) is 56.6 Å². The molecule has 8 nitrogen and oxygen atoms in total. The quantitative estimate of drug-likeness (QED) is 0.341. The van der Waals surface area contributed by atoms with Gasteiger partial charge >= 0.3 is 0 Å². The van der Waals surface area contributed by atoms with Gasteiger partial charge in [-0.25, -0.2) is 8.42 Å². The van der Waals surface area contributed by atoms with E-state index in [-0.39, 0.29) is 43.8 Å². The van der Waals surface area contributed by atoms with E-state index in [2.05, 4.69) is 21.2 Å². The molecule has 2 aromatic carbocycles. The molecule has 1 N–H and O–H groups in total. The van der Waals surface area contributed by atoms with Gasteiger partial charge in [-0.3, -0.25) is 13.9 Å². The fourth-order valence-electron chi connectivity index (χ4n) is 3.80. The maximum Gasteiger partial charge on any atom is 0.242 e. The number of ether oxygens (including phenoxy) is 1. The predicted molar refractivity (Wildman–Crippen MR) is 151 cm³/mol. The second kappa shape index (κ2) is 14.4. The van der Waals surface area contributed by atoms with Crippen molar-refractivity contribution in [2.45, 2.75) is 65.6 Å². The Bertz CT molecular complexity index is 1160. The number of carbonyl (C=O) groups is 2. The van der Waals surface area contributed by atoms with Gasteiger partial charge in [-0.05, 0) is 63.4 Å². The highest BCUT2D eigenvalue weighted by atomic mass is 79.9. The number of amides is 2. The monoisotopic (exact) mass is 595 g/mol. The summed E-state index contributed by atoms with van der Waals surface area (Å²) < 4.78 is 33.0. The predicted octanol–water partition coefficient (Wildman–Crippen LogP) is 4.73. The zero-order chi connectivity index (χ0) is 27.6. The van der Waals surface area contributed by atoms with Crippen LogP contribution in [0.1, 0.15) is 52.5 Å². The van der Waals surface area contributed by atoms with Gasteiger partial charge in [-0.15, -0.1) is 0 Å². The molecule has 0 fully saturated rings. The van der Waals surface area contributed by atoms with E-state index >= 15 is 0 Å². The summed E-state index contributed by atoms with van der Waals surface area (Å²) in [6, 6.07) is 13.8. The molecular weight excluding hydrogens is 558 g/mol. The minimum Gasteiger partial charge on any atom is -0.492 e. The van der Waals surface area contributed by atoms with Crippen LogP contribution < -0.4 is 14.4 Å². The van der Waals surface area contributed by atoms with E-state index in [9.17, 15) is 18.0 Å². The van der Waals surface area contributed by atoms with Crippen LogP contribution in [0, 0.1) is 0 Å². The third kappa shape index (κ3) is 9.34. The van der Waals surface area contributed by atoms with Crippen LogP contribution in [0.2, 0.25) is 0 Å². The maximum absolute atomic E-state index is 13.4. The molecule has 10 heteroatoms. The molecule has 0 aliphatic carbocycles. The van der Waals surface area contributed by atoms with Crippen LogP contribution in [0.4, 0.5) is 5.69 Å². The van der Waals surface area contributed by atoms with Gasteiger partial charge in [0.2, 0.25) is 21.8 Å². The fraction of sp³-hybridized carbons (Fsp3) is 0.481. The molecule has 0 aliphatic heterocycles. The van der Waals surface area contributed by atoms with E-state index < -0.39 is 16.1 Å². The topological polar surface area (TPSA) is 96.0 Å². The Morgan fingerprint density at radius 2 is 1.78 bits per heavy atom. The van der Waals surface area contributed by atoms with Crippen molar-refractivity contribution in [3.8, 4) is 5.75 Å². The van der Waals surface area contributed by atoms with Crippen molar-refractivity contribution in [2.75, 3.05) is 23.7 Å². The summed E-state index contributed by atoms with van der Waals surface area (Å²) in [5.74, 6) is 0.0211. The first-order valence-corrected chi connectivity index (χ1v) is 15.2. The lowest BCUT2D eigenvalue weighted by Crippen LogP contribution is -2.49. The lowest BCUT2D eigenvalue weighted by molar-refractivity contribution is -0.140. The molecule has 0 bridgehead atoms. The Labute approximate surface area is 229 Å². The lowest BCUT2D eigenvalue weighted by atomic mass is 10.1. The van der Waals surface area contributed by atoms with Crippen LogP contribution in [-0.2, 0) is 26.2 Å². The number of carbonyl (C=O) groups excluding carboxylic acids is 2. The van der Waals surface area contributed by atoms with Crippen molar-refractivity contribution in [3.63, 3.8) is 0 Å². The van der Waals surface area contributed by atoms with Gasteiger partial charge in [0, 0.05) is 30.0 Å². The molecule has 0 saturated carbocycles. The molecule has 0 unspecified atom stereocenters. The number of para-hydroxylation sites is 2. The molecular formula is C27H38BrN3O5S. The van der Waals surface area contributed by atoms with Crippen LogP contribution >= 0.6 is 15.9 Å². The minimum absolute atomic E-state index is 0.00787. The van der Waals surface area contributed by atoms with Gasteiger partial charge in [-0.1, -0.05) is 47.1 Å². The van der Waals surface area contributed by atoms with Crippen molar-refractivity contribution in [1.29, 1.82) is 0 Å². The Balaban J connectivity index is 2.21. The minimum atomic E-state index is -3.62. The number of nitrogens with one attached hydrogen (secondary N) is 1. The summed E-state index contributed by atoms with van der Waals surface area (Å²) in [7, 11) is -3.62. The third-order valence-electron chi connectivity index (χ3n) is 6.00. The number of rotatable bonds is 14. The number of sulfonamides is 1. The molecule has 2 amide bonds. The smallest absolute Gasteiger partial charge is 0.242 e. The van der Waals surface area contributed by atoms with Gasteiger partial charge in [0.1, 0.15) is 11.8 Å². The summed E-state index contributed by atoms with van der Waals surface area (Å²) in [5, 5.41) is 2.95. The number of anilines is 1. The molecule has 0 radical (unpaired) electrons. The first-order chi connectivity index (χ1) is 17.5. The van der Waals surface area contributed by atoms with Gasteiger partial charge in [-0.2, -0.15) is 0 Å². The van der Waals surface area contributed by atoms with Gasteiger partial charge < -0.3 is 15.0 Å². The molecule has 204 valence electrons. The van der Waals surface area contributed by atoms with Gasteiger partial charge in [0.15, 0.2) is 0 Å². The Morgan fingerprint density at radius 1 is 1.08 bits per heavy atom. The van der Waals surface area contributed by atoms with Crippen LogP contribution in [0.25, 0.3) is 0 Å². The highest BCUT2D eigenvalue weighted by Gasteiger charge is 2.27. The Hall–Kier alpha value is -2.59. The third-order valence-corrected chi connectivity index (χ3v) is 7.67. The van der Waals surface area contributed by atoms with Crippen molar-refractivity contribution >= 4 is 43.5 Å². The highest BCUT2D eigenvalue weighted by molar-refractivity contribution is 9.10. The van der Waals surface area contributed by atoms with E-state index in [1.807, 2.05) is 45.0 Å². The average Bonchev–Trinajstić information content (AvgIpc) is 2.84. The lowest BCUT2D eigenvalue weighted by Gasteiger charge is -2.30. The van der Waals surface area contributed by atoms with Crippen molar-refractivity contribution in [3.05, 3.63) is 58.6 Å². The largest absolute Gasteiger partial charge is 0.492 e.